The molecule has 0 unspecified atom stereocenters. The number of nitrogens with one attached hydrogen (secondary N) is 2. The van der Waals surface area contributed by atoms with Crippen LogP contribution in [0.25, 0.3) is 0 Å². The van der Waals surface area contributed by atoms with Gasteiger partial charge < -0.3 is 21.5 Å². The molecule has 1 aromatic rings. The molecular formula is C11H10ClF2N3O4. The Morgan fingerprint density at radius 2 is 1.95 bits per heavy atom. The summed E-state index contributed by atoms with van der Waals surface area (Å²) in [5.41, 5.74) is 4.30. The Morgan fingerprint density at radius 1 is 1.33 bits per heavy atom. The molecule has 0 bridgehead atoms. The maximum atomic E-state index is 13.4. The van der Waals surface area contributed by atoms with E-state index in [0.29, 0.717) is 6.07 Å². The fraction of sp³-hybridized carbons (Fsp3) is 0.182. The molecule has 0 spiro atoms. The van der Waals surface area contributed by atoms with E-state index in [2.05, 4.69) is 0 Å². The molecule has 0 aliphatic heterocycles. The number of carbonyl (C=O) groups excluding carboxylic acids is 2. The first-order chi connectivity index (χ1) is 9.70. The van der Waals surface area contributed by atoms with Crippen molar-refractivity contribution >= 4 is 35.2 Å². The number of hydrogen-bond donors (Lipinski definition) is 4. The van der Waals surface area contributed by atoms with E-state index in [4.69, 9.17) is 22.4 Å². The molecule has 7 nitrogen and oxygen atoms in total. The van der Waals surface area contributed by atoms with Gasteiger partial charge in [-0.3, -0.25) is 4.79 Å². The van der Waals surface area contributed by atoms with Crippen LogP contribution in [0, 0.1) is 11.6 Å². The third-order valence-electron chi connectivity index (χ3n) is 2.25. The maximum absolute atomic E-state index is 13.4. The first-order valence-electron chi connectivity index (χ1n) is 5.44. The Kier molecular flexibility index (Phi) is 5.42. The van der Waals surface area contributed by atoms with Gasteiger partial charge >= 0.3 is 12.0 Å². The molecule has 0 radical (unpaired) electrons. The van der Waals surface area contributed by atoms with E-state index >= 15 is 0 Å². The number of urea groups is 1. The highest BCUT2D eigenvalue weighted by atomic mass is 35.5. The van der Waals surface area contributed by atoms with Gasteiger partial charge in [-0.1, -0.05) is 11.6 Å². The number of amides is 3. The number of primary amides is 1. The lowest BCUT2D eigenvalue weighted by Crippen LogP contribution is -2.45. The molecule has 0 saturated heterocycles. The van der Waals surface area contributed by atoms with Crippen molar-refractivity contribution in [3.8, 4) is 0 Å². The third kappa shape index (κ3) is 4.88. The van der Waals surface area contributed by atoms with Gasteiger partial charge in [0.1, 0.15) is 11.9 Å². The summed E-state index contributed by atoms with van der Waals surface area (Å²) in [6, 6.07) is -1.49. The van der Waals surface area contributed by atoms with Crippen LogP contribution in [-0.2, 0) is 9.59 Å². The minimum Gasteiger partial charge on any atom is -0.480 e. The van der Waals surface area contributed by atoms with Crippen molar-refractivity contribution in [2.45, 2.75) is 12.5 Å². The Balaban J connectivity index is 2.82. The van der Waals surface area contributed by atoms with Gasteiger partial charge in [0.15, 0.2) is 5.82 Å². The largest absolute Gasteiger partial charge is 0.480 e. The van der Waals surface area contributed by atoms with Gasteiger partial charge in [0.25, 0.3) is 0 Å². The summed E-state index contributed by atoms with van der Waals surface area (Å²) in [6.07, 6.45) is -0.650. The molecule has 0 aromatic heterocycles. The van der Waals surface area contributed by atoms with Crippen molar-refractivity contribution in [2.24, 2.45) is 5.73 Å². The Hall–Kier alpha value is -2.42. The van der Waals surface area contributed by atoms with Crippen LogP contribution < -0.4 is 16.4 Å². The predicted molar refractivity (Wildman–Crippen MR) is 68.8 cm³/mol. The molecular weight excluding hydrogens is 312 g/mol. The summed E-state index contributed by atoms with van der Waals surface area (Å²) in [5, 5.41) is 12.2. The number of benzene rings is 1. The number of carboxylic acids is 1. The topological polar surface area (TPSA) is 122 Å². The van der Waals surface area contributed by atoms with E-state index in [-0.39, 0.29) is 0 Å². The van der Waals surface area contributed by atoms with E-state index in [9.17, 15) is 23.2 Å². The van der Waals surface area contributed by atoms with Crippen molar-refractivity contribution in [2.75, 3.05) is 5.32 Å². The summed E-state index contributed by atoms with van der Waals surface area (Å²) in [7, 11) is 0. The van der Waals surface area contributed by atoms with E-state index in [1.807, 2.05) is 10.6 Å². The van der Waals surface area contributed by atoms with Crippen LogP contribution in [0.5, 0.6) is 0 Å². The molecule has 0 aliphatic rings. The molecule has 21 heavy (non-hydrogen) atoms. The normalized spacial score (nSPS) is 11.6. The number of anilines is 1. The number of aliphatic carboxylic acids is 1. The number of halogens is 3. The van der Waals surface area contributed by atoms with Crippen LogP contribution in [0.15, 0.2) is 12.1 Å². The van der Waals surface area contributed by atoms with Gasteiger partial charge in [-0.05, 0) is 6.07 Å². The van der Waals surface area contributed by atoms with E-state index in [1.165, 1.54) is 0 Å². The molecule has 1 atom stereocenters. The highest BCUT2D eigenvalue weighted by Gasteiger charge is 2.23. The van der Waals surface area contributed by atoms with Crippen molar-refractivity contribution in [1.29, 1.82) is 0 Å². The SMILES string of the molecule is NC(=O)C[C@@H](NC(=O)Nc1c(F)cc(F)cc1Cl)C(=O)O. The molecule has 10 heteroatoms. The predicted octanol–water partition coefficient (Wildman–Crippen LogP) is 1.07. The van der Waals surface area contributed by atoms with Gasteiger partial charge in [-0.25, -0.2) is 18.4 Å². The lowest BCUT2D eigenvalue weighted by molar-refractivity contribution is -0.140. The summed E-state index contributed by atoms with van der Waals surface area (Å²) >= 11 is 5.55. The lowest BCUT2D eigenvalue weighted by Gasteiger charge is -2.14. The van der Waals surface area contributed by atoms with Crippen molar-refractivity contribution in [3.63, 3.8) is 0 Å². The van der Waals surface area contributed by atoms with Gasteiger partial charge in [0.05, 0.1) is 17.1 Å². The third-order valence-corrected chi connectivity index (χ3v) is 2.55. The Morgan fingerprint density at radius 3 is 2.43 bits per heavy atom. The average molecular weight is 322 g/mol. The van der Waals surface area contributed by atoms with Gasteiger partial charge in [-0.2, -0.15) is 0 Å². The van der Waals surface area contributed by atoms with Crippen molar-refractivity contribution in [3.05, 3.63) is 28.8 Å². The van der Waals surface area contributed by atoms with Gasteiger partial charge in [-0.15, -0.1) is 0 Å². The molecule has 1 aromatic carbocycles. The fourth-order valence-electron chi connectivity index (χ4n) is 1.37. The number of nitrogens with two attached hydrogens (primary N) is 1. The highest BCUT2D eigenvalue weighted by Crippen LogP contribution is 2.26. The summed E-state index contributed by atoms with van der Waals surface area (Å²) in [4.78, 5) is 33.0. The minimum absolute atomic E-state index is 0.413. The minimum atomic E-state index is -1.59. The van der Waals surface area contributed by atoms with Crippen LogP contribution in [0.2, 0.25) is 5.02 Å². The smallest absolute Gasteiger partial charge is 0.326 e. The summed E-state index contributed by atoms with van der Waals surface area (Å²) in [5.74, 6) is -4.54. The average Bonchev–Trinajstić information content (AvgIpc) is 2.32. The zero-order valence-corrected chi connectivity index (χ0v) is 11.1. The van der Waals surface area contributed by atoms with Crippen LogP contribution in [0.1, 0.15) is 6.42 Å². The van der Waals surface area contributed by atoms with E-state index in [0.717, 1.165) is 6.07 Å². The van der Waals surface area contributed by atoms with E-state index in [1.54, 1.807) is 0 Å². The molecule has 0 fully saturated rings. The second-order valence-corrected chi connectivity index (χ2v) is 4.31. The zero-order chi connectivity index (χ0) is 16.2. The molecule has 0 aliphatic carbocycles. The second kappa shape index (κ2) is 6.84. The van der Waals surface area contributed by atoms with Gasteiger partial charge in [0, 0.05) is 6.07 Å². The van der Waals surface area contributed by atoms with Crippen LogP contribution >= 0.6 is 11.6 Å². The highest BCUT2D eigenvalue weighted by molar-refractivity contribution is 6.33. The first-order valence-corrected chi connectivity index (χ1v) is 5.81. The molecule has 114 valence electrons. The second-order valence-electron chi connectivity index (χ2n) is 3.90. The molecule has 3 amide bonds. The van der Waals surface area contributed by atoms with Crippen molar-refractivity contribution in [1.82, 2.24) is 5.32 Å². The van der Waals surface area contributed by atoms with Crippen molar-refractivity contribution < 1.29 is 28.3 Å². The zero-order valence-electron chi connectivity index (χ0n) is 10.3. The number of carbonyl (C=O) groups is 3. The number of carboxylic acid groups (broad SMARTS) is 1. The van der Waals surface area contributed by atoms with E-state index < -0.39 is 52.7 Å². The molecule has 0 saturated carbocycles. The number of hydrogen-bond acceptors (Lipinski definition) is 3. The summed E-state index contributed by atoms with van der Waals surface area (Å²) in [6.45, 7) is 0. The monoisotopic (exact) mass is 321 g/mol. The fourth-order valence-corrected chi connectivity index (χ4v) is 1.61. The molecule has 0 heterocycles. The quantitative estimate of drug-likeness (QED) is 0.648. The molecule has 1 rings (SSSR count). The lowest BCUT2D eigenvalue weighted by atomic mass is 10.2. The standard InChI is InChI=1S/C11H10ClF2N3O4/c12-5-1-4(13)2-6(14)9(5)17-11(21)16-7(10(19)20)3-8(15)18/h1-2,7H,3H2,(H2,15,18)(H,19,20)(H2,16,17,21)/t7-/m1/s1. The number of rotatable bonds is 5. The maximum Gasteiger partial charge on any atom is 0.326 e. The Bertz CT molecular complexity index is 574. The summed E-state index contributed by atoms with van der Waals surface area (Å²) < 4.78 is 26.2. The van der Waals surface area contributed by atoms with Gasteiger partial charge in [0.2, 0.25) is 5.91 Å². The first kappa shape index (κ1) is 16.6. The van der Waals surface area contributed by atoms with Crippen LogP contribution in [-0.4, -0.2) is 29.1 Å². The van der Waals surface area contributed by atoms with Crippen LogP contribution in [0.3, 0.4) is 0 Å². The molecule has 5 N–H and O–H groups in total. The Labute approximate surface area is 122 Å². The van der Waals surface area contributed by atoms with Crippen LogP contribution in [0.4, 0.5) is 19.3 Å².